The standard InChI is InChI=1S/C6H12N2O3S/c1-12(10,11)4-6(9)8-2-5(7)3-8/h5H,2-4,7H2,1H3. The molecule has 2 N–H and O–H groups in total. The minimum absolute atomic E-state index is 0.0218. The molecule has 70 valence electrons. The van der Waals surface area contributed by atoms with Crippen LogP contribution in [0.15, 0.2) is 0 Å². The molecule has 0 atom stereocenters. The number of hydrogen-bond donors (Lipinski definition) is 1. The van der Waals surface area contributed by atoms with Crippen molar-refractivity contribution in [2.75, 3.05) is 25.1 Å². The molecule has 1 heterocycles. The number of hydrogen-bond acceptors (Lipinski definition) is 4. The maximum absolute atomic E-state index is 11.1. The van der Waals surface area contributed by atoms with Gasteiger partial charge in [0.1, 0.15) is 5.75 Å². The molecule has 0 saturated carbocycles. The minimum atomic E-state index is -3.19. The lowest BCUT2D eigenvalue weighted by molar-refractivity contribution is -0.132. The molecule has 1 rings (SSSR count). The van der Waals surface area contributed by atoms with E-state index in [1.807, 2.05) is 0 Å². The zero-order valence-corrected chi connectivity index (χ0v) is 7.67. The van der Waals surface area contributed by atoms with Gasteiger partial charge in [0.05, 0.1) is 0 Å². The van der Waals surface area contributed by atoms with Crippen LogP contribution in [0, 0.1) is 0 Å². The van der Waals surface area contributed by atoms with Crippen LogP contribution in [0.1, 0.15) is 0 Å². The number of likely N-dealkylation sites (tertiary alicyclic amines) is 1. The van der Waals surface area contributed by atoms with Crippen molar-refractivity contribution >= 4 is 15.7 Å². The van der Waals surface area contributed by atoms with Crippen molar-refractivity contribution in [3.8, 4) is 0 Å². The van der Waals surface area contributed by atoms with E-state index in [1.54, 1.807) is 0 Å². The highest BCUT2D eigenvalue weighted by molar-refractivity contribution is 7.91. The smallest absolute Gasteiger partial charge is 0.237 e. The van der Waals surface area contributed by atoms with E-state index >= 15 is 0 Å². The van der Waals surface area contributed by atoms with Crippen molar-refractivity contribution in [1.29, 1.82) is 0 Å². The molecular formula is C6H12N2O3S. The van der Waals surface area contributed by atoms with E-state index < -0.39 is 15.6 Å². The molecular weight excluding hydrogens is 180 g/mol. The lowest BCUT2D eigenvalue weighted by Gasteiger charge is -2.36. The fourth-order valence-electron chi connectivity index (χ4n) is 1.03. The van der Waals surface area contributed by atoms with Crippen LogP contribution in [0.4, 0.5) is 0 Å². The van der Waals surface area contributed by atoms with Gasteiger partial charge in [0.15, 0.2) is 9.84 Å². The molecule has 0 radical (unpaired) electrons. The molecule has 1 aliphatic heterocycles. The predicted octanol–water partition coefficient (Wildman–Crippen LogP) is -1.80. The van der Waals surface area contributed by atoms with Crippen molar-refractivity contribution in [2.24, 2.45) is 5.73 Å². The summed E-state index contributed by atoms with van der Waals surface area (Å²) in [4.78, 5) is 12.5. The Bertz CT molecular complexity index is 279. The second kappa shape index (κ2) is 3.02. The maximum atomic E-state index is 11.1. The summed E-state index contributed by atoms with van der Waals surface area (Å²) in [5, 5.41) is 0. The maximum Gasteiger partial charge on any atom is 0.237 e. The molecule has 0 aliphatic carbocycles. The Kier molecular flexibility index (Phi) is 2.39. The van der Waals surface area contributed by atoms with E-state index in [9.17, 15) is 13.2 Å². The minimum Gasteiger partial charge on any atom is -0.339 e. The van der Waals surface area contributed by atoms with E-state index in [0.717, 1.165) is 6.26 Å². The van der Waals surface area contributed by atoms with Crippen molar-refractivity contribution in [2.45, 2.75) is 6.04 Å². The first kappa shape index (κ1) is 9.47. The highest BCUT2D eigenvalue weighted by atomic mass is 32.2. The summed E-state index contributed by atoms with van der Waals surface area (Å²) < 4.78 is 21.4. The molecule has 0 unspecified atom stereocenters. The Balaban J connectivity index is 2.41. The number of amides is 1. The molecule has 1 saturated heterocycles. The van der Waals surface area contributed by atoms with Gasteiger partial charge in [-0.3, -0.25) is 4.79 Å². The average Bonchev–Trinajstić information content (AvgIpc) is 1.76. The van der Waals surface area contributed by atoms with Crippen LogP contribution in [-0.4, -0.2) is 50.4 Å². The molecule has 1 fully saturated rings. The van der Waals surface area contributed by atoms with Gasteiger partial charge in [0.25, 0.3) is 0 Å². The lowest BCUT2D eigenvalue weighted by Crippen LogP contribution is -2.58. The van der Waals surface area contributed by atoms with Crippen molar-refractivity contribution in [3.05, 3.63) is 0 Å². The van der Waals surface area contributed by atoms with Crippen LogP contribution in [0.3, 0.4) is 0 Å². The summed E-state index contributed by atoms with van der Waals surface area (Å²) in [7, 11) is -3.19. The van der Waals surface area contributed by atoms with Crippen LogP contribution in [-0.2, 0) is 14.6 Å². The molecule has 0 aromatic heterocycles. The third-order valence-corrected chi connectivity index (χ3v) is 2.42. The van der Waals surface area contributed by atoms with Gasteiger partial charge in [-0.05, 0) is 0 Å². The summed E-state index contributed by atoms with van der Waals surface area (Å²) in [6.45, 7) is 0.961. The molecule has 6 heteroatoms. The van der Waals surface area contributed by atoms with E-state index in [1.165, 1.54) is 4.90 Å². The van der Waals surface area contributed by atoms with Crippen LogP contribution in [0.25, 0.3) is 0 Å². The van der Waals surface area contributed by atoms with Gasteiger partial charge in [-0.1, -0.05) is 0 Å². The van der Waals surface area contributed by atoms with Crippen molar-refractivity contribution < 1.29 is 13.2 Å². The predicted molar refractivity (Wildman–Crippen MR) is 44.3 cm³/mol. The zero-order chi connectivity index (χ0) is 9.35. The van der Waals surface area contributed by atoms with Crippen molar-refractivity contribution in [1.82, 2.24) is 4.90 Å². The third-order valence-electron chi connectivity index (χ3n) is 1.65. The highest BCUT2D eigenvalue weighted by Gasteiger charge is 2.28. The fraction of sp³-hybridized carbons (Fsp3) is 0.833. The van der Waals surface area contributed by atoms with Gasteiger partial charge in [0, 0.05) is 25.4 Å². The monoisotopic (exact) mass is 192 g/mol. The molecule has 5 nitrogen and oxygen atoms in total. The van der Waals surface area contributed by atoms with Crippen molar-refractivity contribution in [3.63, 3.8) is 0 Å². The van der Waals surface area contributed by atoms with Crippen LogP contribution >= 0.6 is 0 Å². The second-order valence-corrected chi connectivity index (χ2v) is 5.27. The van der Waals surface area contributed by atoms with Gasteiger partial charge in [-0.2, -0.15) is 0 Å². The number of carbonyl (C=O) groups is 1. The van der Waals surface area contributed by atoms with Gasteiger partial charge < -0.3 is 10.6 Å². The second-order valence-electron chi connectivity index (χ2n) is 3.13. The van der Waals surface area contributed by atoms with Gasteiger partial charge in [-0.25, -0.2) is 8.42 Å². The summed E-state index contributed by atoms with van der Waals surface area (Å²) in [6.07, 6.45) is 1.05. The Labute approximate surface area is 71.4 Å². The first-order chi connectivity index (χ1) is 5.38. The molecule has 1 amide bonds. The molecule has 0 bridgehead atoms. The topological polar surface area (TPSA) is 80.5 Å². The number of sulfone groups is 1. The van der Waals surface area contributed by atoms with E-state index in [4.69, 9.17) is 5.73 Å². The first-order valence-electron chi connectivity index (χ1n) is 3.59. The SMILES string of the molecule is CS(=O)(=O)CC(=O)N1CC(N)C1. The molecule has 0 aromatic carbocycles. The number of nitrogens with two attached hydrogens (primary N) is 1. The number of rotatable bonds is 2. The Hall–Kier alpha value is -0.620. The normalized spacial score (nSPS) is 19.0. The van der Waals surface area contributed by atoms with Crippen LogP contribution in [0.5, 0.6) is 0 Å². The van der Waals surface area contributed by atoms with E-state index in [2.05, 4.69) is 0 Å². The lowest BCUT2D eigenvalue weighted by atomic mass is 10.1. The van der Waals surface area contributed by atoms with Crippen LogP contribution in [0.2, 0.25) is 0 Å². The average molecular weight is 192 g/mol. The summed E-state index contributed by atoms with van der Waals surface area (Å²) in [5.41, 5.74) is 5.43. The molecule has 0 aromatic rings. The first-order valence-corrected chi connectivity index (χ1v) is 5.65. The van der Waals surface area contributed by atoms with E-state index in [0.29, 0.717) is 13.1 Å². The van der Waals surface area contributed by atoms with Gasteiger partial charge in [0.2, 0.25) is 5.91 Å². The highest BCUT2D eigenvalue weighted by Crippen LogP contribution is 2.05. The van der Waals surface area contributed by atoms with Crippen LogP contribution < -0.4 is 5.73 Å². The largest absolute Gasteiger partial charge is 0.339 e. The van der Waals surface area contributed by atoms with Gasteiger partial charge >= 0.3 is 0 Å². The Morgan fingerprint density at radius 1 is 1.58 bits per heavy atom. The molecule has 0 spiro atoms. The molecule has 1 aliphatic rings. The Morgan fingerprint density at radius 3 is 2.42 bits per heavy atom. The molecule has 12 heavy (non-hydrogen) atoms. The summed E-state index contributed by atoms with van der Waals surface area (Å²) in [6, 6.07) is 0.0218. The number of nitrogens with zero attached hydrogens (tertiary/aromatic N) is 1. The zero-order valence-electron chi connectivity index (χ0n) is 6.86. The fourth-order valence-corrected chi connectivity index (χ4v) is 1.66. The van der Waals surface area contributed by atoms with E-state index in [-0.39, 0.29) is 11.9 Å². The summed E-state index contributed by atoms with van der Waals surface area (Å²) in [5.74, 6) is -0.751. The van der Waals surface area contributed by atoms with Gasteiger partial charge in [-0.15, -0.1) is 0 Å². The third kappa shape index (κ3) is 2.46. The quantitative estimate of drug-likeness (QED) is 0.560. The Morgan fingerprint density at radius 2 is 2.08 bits per heavy atom. The summed E-state index contributed by atoms with van der Waals surface area (Å²) >= 11 is 0. The number of carbonyl (C=O) groups excluding carboxylic acids is 1.